The molecule has 11 heavy (non-hydrogen) atoms. The average molecular weight is 147 g/mol. The van der Waals surface area contributed by atoms with Gasteiger partial charge in [0.2, 0.25) is 0 Å². The smallest absolute Gasteiger partial charge is 0.0648 e. The molecule has 1 aromatic rings. The van der Waals surface area contributed by atoms with E-state index in [-0.39, 0.29) is 0 Å². The Bertz CT molecular complexity index is 225. The molecule has 1 unspecified atom stereocenters. The number of hydrogen-bond acceptors (Lipinski definition) is 0. The van der Waals surface area contributed by atoms with Crippen LogP contribution in [0.2, 0.25) is 0 Å². The Kier molecular flexibility index (Phi) is 2.58. The van der Waals surface area contributed by atoms with Gasteiger partial charge in [-0.1, -0.05) is 13.8 Å². The highest BCUT2D eigenvalue weighted by Crippen LogP contribution is 2.18. The van der Waals surface area contributed by atoms with Crippen molar-refractivity contribution in [3.8, 4) is 0 Å². The van der Waals surface area contributed by atoms with Crippen molar-refractivity contribution in [3.63, 3.8) is 0 Å². The summed E-state index contributed by atoms with van der Waals surface area (Å²) in [6.07, 6.45) is 1.20. The fourth-order valence-corrected chi connectivity index (χ4v) is 1.14. The van der Waals surface area contributed by atoms with E-state index in [0.717, 1.165) is 5.56 Å². The van der Waals surface area contributed by atoms with Crippen molar-refractivity contribution in [3.05, 3.63) is 42.3 Å². The lowest BCUT2D eigenvalue weighted by atomic mass is 9.97. The minimum absolute atomic E-state index is 0.664. The van der Waals surface area contributed by atoms with Crippen molar-refractivity contribution in [1.82, 2.24) is 0 Å². The van der Waals surface area contributed by atoms with Gasteiger partial charge in [0, 0.05) is 24.6 Å². The summed E-state index contributed by atoms with van der Waals surface area (Å²) in [6.45, 7) is 8.35. The van der Waals surface area contributed by atoms with E-state index in [9.17, 15) is 0 Å². The van der Waals surface area contributed by atoms with Crippen LogP contribution in [0.3, 0.4) is 0 Å². The zero-order valence-electron chi connectivity index (χ0n) is 7.30. The molecule has 0 aliphatic heterocycles. The van der Waals surface area contributed by atoms with Crippen molar-refractivity contribution in [2.75, 3.05) is 0 Å². The molecule has 0 aliphatic carbocycles. The van der Waals surface area contributed by atoms with Crippen LogP contribution < -0.4 is 0 Å². The summed E-state index contributed by atoms with van der Waals surface area (Å²) < 4.78 is 0. The second-order valence-corrected chi connectivity index (χ2v) is 3.05. The minimum Gasteiger partial charge on any atom is -0.0648 e. The summed E-state index contributed by atoms with van der Waals surface area (Å²) in [6, 6.07) is 8.44. The van der Waals surface area contributed by atoms with Crippen molar-refractivity contribution in [2.45, 2.75) is 26.2 Å². The van der Waals surface area contributed by atoms with E-state index in [2.05, 4.69) is 39.0 Å². The first-order chi connectivity index (χ1) is 5.24. The summed E-state index contributed by atoms with van der Waals surface area (Å²) in [5, 5.41) is 0. The molecule has 0 heterocycles. The Labute approximate surface area is 69.3 Å². The average Bonchev–Trinajstić information content (AvgIpc) is 2.03. The van der Waals surface area contributed by atoms with E-state index in [1.54, 1.807) is 0 Å². The predicted molar refractivity (Wildman–Crippen MR) is 49.6 cm³/mol. The highest BCUT2D eigenvalue weighted by Gasteiger charge is 2.05. The van der Waals surface area contributed by atoms with Gasteiger partial charge in [-0.05, 0) is 24.5 Å². The molecular weight excluding hydrogens is 132 g/mol. The van der Waals surface area contributed by atoms with E-state index in [0.29, 0.717) is 5.92 Å². The lowest BCUT2D eigenvalue weighted by Crippen LogP contribution is -1.90. The molecular formula is C11H15+. The summed E-state index contributed by atoms with van der Waals surface area (Å²) in [5.74, 6) is 0.664. The van der Waals surface area contributed by atoms with Gasteiger partial charge in [0.25, 0.3) is 0 Å². The molecule has 0 radical (unpaired) electrons. The van der Waals surface area contributed by atoms with E-state index in [1.807, 2.05) is 6.07 Å². The van der Waals surface area contributed by atoms with Gasteiger partial charge in [0.1, 0.15) is 5.56 Å². The van der Waals surface area contributed by atoms with Crippen LogP contribution in [0, 0.1) is 6.92 Å². The fraction of sp³-hybridized carbons (Fsp3) is 0.364. The van der Waals surface area contributed by atoms with Crippen LogP contribution >= 0.6 is 0 Å². The maximum Gasteiger partial charge on any atom is 0.127 e. The number of hydrogen-bond donors (Lipinski definition) is 0. The molecule has 0 fully saturated rings. The van der Waals surface area contributed by atoms with Crippen LogP contribution in [0.4, 0.5) is 0 Å². The lowest BCUT2D eigenvalue weighted by Gasteiger charge is -2.04. The molecule has 0 heteroatoms. The normalized spacial score (nSPS) is 12.9. The minimum atomic E-state index is 0.664. The summed E-state index contributed by atoms with van der Waals surface area (Å²) in [4.78, 5) is 0. The van der Waals surface area contributed by atoms with Gasteiger partial charge in [-0.25, -0.2) is 0 Å². The molecule has 1 rings (SSSR count). The van der Waals surface area contributed by atoms with Crippen molar-refractivity contribution in [1.29, 1.82) is 0 Å². The first kappa shape index (κ1) is 8.19. The topological polar surface area (TPSA) is 0 Å². The van der Waals surface area contributed by atoms with Crippen molar-refractivity contribution in [2.24, 2.45) is 0 Å². The Balaban J connectivity index is 2.86. The van der Waals surface area contributed by atoms with Crippen LogP contribution in [0.25, 0.3) is 0 Å². The van der Waals surface area contributed by atoms with E-state index < -0.39 is 0 Å². The monoisotopic (exact) mass is 147 g/mol. The maximum absolute atomic E-state index is 3.90. The largest absolute Gasteiger partial charge is 0.127 e. The molecule has 0 spiro atoms. The second kappa shape index (κ2) is 3.47. The first-order valence-electron chi connectivity index (χ1n) is 4.16. The number of rotatable bonds is 2. The van der Waals surface area contributed by atoms with Gasteiger partial charge in [0.15, 0.2) is 0 Å². The van der Waals surface area contributed by atoms with Crippen LogP contribution in [0.15, 0.2) is 24.3 Å². The predicted octanol–water partition coefficient (Wildman–Crippen LogP) is 3.38. The van der Waals surface area contributed by atoms with E-state index in [1.165, 1.54) is 12.0 Å². The van der Waals surface area contributed by atoms with Crippen LogP contribution in [-0.4, -0.2) is 0 Å². The molecule has 1 atom stereocenters. The second-order valence-electron chi connectivity index (χ2n) is 3.05. The van der Waals surface area contributed by atoms with Crippen LogP contribution in [0.5, 0.6) is 0 Å². The van der Waals surface area contributed by atoms with Crippen LogP contribution in [0.1, 0.15) is 37.3 Å². The maximum atomic E-state index is 3.90. The number of benzene rings is 1. The van der Waals surface area contributed by atoms with Gasteiger partial charge < -0.3 is 0 Å². The molecule has 0 bridgehead atoms. The highest BCUT2D eigenvalue weighted by molar-refractivity contribution is 5.27. The summed E-state index contributed by atoms with van der Waals surface area (Å²) in [7, 11) is 0. The van der Waals surface area contributed by atoms with Crippen LogP contribution in [-0.2, 0) is 0 Å². The van der Waals surface area contributed by atoms with Gasteiger partial charge in [-0.2, -0.15) is 0 Å². The molecule has 58 valence electrons. The van der Waals surface area contributed by atoms with Crippen molar-refractivity contribution >= 4 is 0 Å². The molecule has 0 amide bonds. The van der Waals surface area contributed by atoms with E-state index in [4.69, 9.17) is 0 Å². The van der Waals surface area contributed by atoms with Gasteiger partial charge >= 0.3 is 0 Å². The summed E-state index contributed by atoms with van der Waals surface area (Å²) in [5.41, 5.74) is 2.52. The van der Waals surface area contributed by atoms with Gasteiger partial charge in [-0.15, -0.1) is 0 Å². The molecule has 0 aliphatic rings. The Morgan fingerprint density at radius 1 is 1.45 bits per heavy atom. The quantitative estimate of drug-likeness (QED) is 0.562. The molecule has 0 aromatic heterocycles. The molecule has 0 N–H and O–H groups in total. The third kappa shape index (κ3) is 2.01. The van der Waals surface area contributed by atoms with Crippen molar-refractivity contribution < 1.29 is 0 Å². The molecule has 1 aromatic carbocycles. The molecule has 0 saturated carbocycles. The Morgan fingerprint density at radius 3 is 2.73 bits per heavy atom. The van der Waals surface area contributed by atoms with Gasteiger partial charge in [-0.3, -0.25) is 0 Å². The zero-order valence-corrected chi connectivity index (χ0v) is 7.30. The Morgan fingerprint density at radius 2 is 2.18 bits per heavy atom. The standard InChI is InChI=1S/C11H15/c1-4-10(3)11-7-5-6-9(2)8-11/h5-8,10H,2,4H2,1,3H3/q+1. The summed E-state index contributed by atoms with van der Waals surface area (Å²) >= 11 is 0. The lowest BCUT2D eigenvalue weighted by molar-refractivity contribution is 0.733. The third-order valence-corrected chi connectivity index (χ3v) is 2.13. The Hall–Kier alpha value is -0.910. The first-order valence-corrected chi connectivity index (χ1v) is 4.16. The zero-order chi connectivity index (χ0) is 8.27. The van der Waals surface area contributed by atoms with E-state index >= 15 is 0 Å². The molecule has 0 saturated heterocycles. The van der Waals surface area contributed by atoms with Gasteiger partial charge in [0.05, 0.1) is 0 Å². The third-order valence-electron chi connectivity index (χ3n) is 2.13. The molecule has 0 nitrogen and oxygen atoms in total. The fourth-order valence-electron chi connectivity index (χ4n) is 1.14. The SMILES string of the molecule is [CH2+]c1cccc(C(C)CC)c1. The highest BCUT2D eigenvalue weighted by atomic mass is 14.1.